The van der Waals surface area contributed by atoms with Crippen molar-refractivity contribution in [3.05, 3.63) is 52.8 Å². The summed E-state index contributed by atoms with van der Waals surface area (Å²) in [6.07, 6.45) is 2.85. The predicted molar refractivity (Wildman–Crippen MR) is 169 cm³/mol. The molecule has 11 nitrogen and oxygen atoms in total. The van der Waals surface area contributed by atoms with Gasteiger partial charge < -0.3 is 24.8 Å². The van der Waals surface area contributed by atoms with E-state index in [0.29, 0.717) is 63.5 Å². The molecule has 2 aromatic heterocycles. The number of pyridine rings is 1. The van der Waals surface area contributed by atoms with Crippen molar-refractivity contribution in [3.63, 3.8) is 0 Å². The molecule has 2 aliphatic heterocycles. The smallest absolute Gasteiger partial charge is 0.410 e. The van der Waals surface area contributed by atoms with Gasteiger partial charge >= 0.3 is 6.09 Å². The Bertz CT molecular complexity index is 1580. The van der Waals surface area contributed by atoms with E-state index < -0.39 is 5.60 Å². The van der Waals surface area contributed by atoms with Gasteiger partial charge in [0.25, 0.3) is 0 Å². The number of nitrogens with one attached hydrogen (secondary N) is 1. The number of benzene rings is 1. The van der Waals surface area contributed by atoms with Crippen molar-refractivity contribution in [2.24, 2.45) is 5.92 Å². The number of carbonyl (C=O) groups excluding carboxylic acids is 2. The van der Waals surface area contributed by atoms with Gasteiger partial charge in [0.1, 0.15) is 11.4 Å². The molecular weight excluding hydrogens is 556 g/mol. The Morgan fingerprint density at radius 1 is 1.02 bits per heavy atom. The fourth-order valence-corrected chi connectivity index (χ4v) is 6.02. The highest BCUT2D eigenvalue weighted by atomic mass is 16.6. The molecule has 232 valence electrons. The van der Waals surface area contributed by atoms with Crippen LogP contribution in [-0.4, -0.2) is 81.9 Å². The van der Waals surface area contributed by atoms with Gasteiger partial charge in [-0.1, -0.05) is 12.1 Å². The molecule has 2 amide bonds. The molecule has 2 aliphatic rings. The third-order valence-corrected chi connectivity index (χ3v) is 8.56. The Balaban J connectivity index is 1.23. The lowest BCUT2D eigenvalue weighted by atomic mass is 9.95. The van der Waals surface area contributed by atoms with Gasteiger partial charge in [0.2, 0.25) is 5.91 Å². The number of hydrogen-bond donors (Lipinski definition) is 1. The van der Waals surface area contributed by atoms with E-state index in [0.717, 1.165) is 33.4 Å². The molecule has 5 rings (SSSR count). The molecular formula is C33H42N8O3. The maximum Gasteiger partial charge on any atom is 0.410 e. The van der Waals surface area contributed by atoms with E-state index in [1.807, 2.05) is 63.9 Å². The number of aromatic nitrogens is 3. The van der Waals surface area contributed by atoms with Crippen LogP contribution in [0.5, 0.6) is 0 Å². The lowest BCUT2D eigenvalue weighted by Crippen LogP contribution is -2.52. The van der Waals surface area contributed by atoms with Crippen molar-refractivity contribution in [1.82, 2.24) is 25.0 Å². The van der Waals surface area contributed by atoms with Gasteiger partial charge in [-0.3, -0.25) is 4.79 Å². The molecule has 0 unspecified atom stereocenters. The molecule has 1 aromatic carbocycles. The summed E-state index contributed by atoms with van der Waals surface area (Å²) in [4.78, 5) is 36.4. The summed E-state index contributed by atoms with van der Waals surface area (Å²) in [7, 11) is 0. The minimum Gasteiger partial charge on any atom is -0.444 e. The van der Waals surface area contributed by atoms with E-state index in [1.54, 1.807) is 4.90 Å². The number of piperidine rings is 1. The number of hydrogen-bond acceptors (Lipinski definition) is 9. The number of rotatable bonds is 5. The Labute approximate surface area is 259 Å². The molecule has 0 saturated carbocycles. The molecule has 4 heterocycles. The first kappa shape index (κ1) is 31.0. The molecule has 1 N–H and O–H groups in total. The van der Waals surface area contributed by atoms with Crippen LogP contribution in [0.15, 0.2) is 30.5 Å². The number of nitriles is 1. The second kappa shape index (κ2) is 12.6. The van der Waals surface area contributed by atoms with Crippen molar-refractivity contribution in [1.29, 1.82) is 5.26 Å². The lowest BCUT2D eigenvalue weighted by molar-refractivity contribution is -0.137. The molecule has 2 fully saturated rings. The molecule has 11 heteroatoms. The quantitative estimate of drug-likeness (QED) is 0.432. The molecule has 0 spiro atoms. The maximum absolute atomic E-state index is 13.4. The number of carbonyl (C=O) groups is 2. The third kappa shape index (κ3) is 6.69. The van der Waals surface area contributed by atoms with Crippen LogP contribution >= 0.6 is 0 Å². The number of aryl methyl sites for hydroxylation is 1. The molecule has 3 aromatic rings. The second-order valence-corrected chi connectivity index (χ2v) is 12.8. The fourth-order valence-electron chi connectivity index (χ4n) is 6.02. The minimum absolute atomic E-state index is 0.0753. The highest BCUT2D eigenvalue weighted by molar-refractivity contribution is 5.94. The van der Waals surface area contributed by atoms with Gasteiger partial charge in [-0.05, 0) is 77.6 Å². The van der Waals surface area contributed by atoms with Gasteiger partial charge in [0.15, 0.2) is 5.82 Å². The number of nitrogens with zero attached hydrogens (tertiary/aromatic N) is 7. The first-order valence-corrected chi connectivity index (χ1v) is 15.4. The Morgan fingerprint density at radius 2 is 1.73 bits per heavy atom. The van der Waals surface area contributed by atoms with Crippen molar-refractivity contribution in [2.75, 3.05) is 49.5 Å². The number of piperazine rings is 1. The van der Waals surface area contributed by atoms with Crippen molar-refractivity contribution < 1.29 is 14.3 Å². The topological polar surface area (TPSA) is 128 Å². The zero-order valence-corrected chi connectivity index (χ0v) is 26.6. The van der Waals surface area contributed by atoms with Gasteiger partial charge in [-0.25, -0.2) is 9.78 Å². The number of anilines is 2. The van der Waals surface area contributed by atoms with E-state index in [4.69, 9.17) is 9.72 Å². The van der Waals surface area contributed by atoms with Crippen LogP contribution in [0.4, 0.5) is 16.4 Å². The van der Waals surface area contributed by atoms with Gasteiger partial charge in [0, 0.05) is 62.2 Å². The SMILES string of the molecule is Cc1c(C#N)cccc1[C@@H](C)Nc1nnc(C)c2cnc(N3CCN(C(=O)C4CCN(C(=O)OC(C)(C)C)CC4)CC3)cc12. The molecule has 0 radical (unpaired) electrons. The molecule has 0 bridgehead atoms. The summed E-state index contributed by atoms with van der Waals surface area (Å²) in [5.74, 6) is 1.59. The maximum atomic E-state index is 13.4. The number of fused-ring (bicyclic) bond motifs is 1. The average molecular weight is 599 g/mol. The Hall–Kier alpha value is -4.46. The van der Waals surface area contributed by atoms with Gasteiger partial charge in [0.05, 0.1) is 23.4 Å². The fraction of sp³-hybridized carbons (Fsp3) is 0.515. The van der Waals surface area contributed by atoms with Crippen LogP contribution < -0.4 is 10.2 Å². The monoisotopic (exact) mass is 598 g/mol. The predicted octanol–water partition coefficient (Wildman–Crippen LogP) is 4.98. The van der Waals surface area contributed by atoms with Crippen LogP contribution in [0.2, 0.25) is 0 Å². The van der Waals surface area contributed by atoms with Crippen LogP contribution in [0.25, 0.3) is 10.8 Å². The molecule has 44 heavy (non-hydrogen) atoms. The number of ether oxygens (including phenoxy) is 1. The summed E-state index contributed by atoms with van der Waals surface area (Å²) in [5, 5.41) is 23.7. The van der Waals surface area contributed by atoms with E-state index in [1.165, 1.54) is 0 Å². The zero-order chi connectivity index (χ0) is 31.6. The Kier molecular flexibility index (Phi) is 8.90. The average Bonchev–Trinajstić information content (AvgIpc) is 3.01. The van der Waals surface area contributed by atoms with E-state index in [9.17, 15) is 14.9 Å². The van der Waals surface area contributed by atoms with Crippen molar-refractivity contribution in [2.45, 2.75) is 66.0 Å². The van der Waals surface area contributed by atoms with Crippen LogP contribution in [-0.2, 0) is 9.53 Å². The summed E-state index contributed by atoms with van der Waals surface area (Å²) in [6, 6.07) is 9.97. The minimum atomic E-state index is -0.531. The van der Waals surface area contributed by atoms with Crippen molar-refractivity contribution in [3.8, 4) is 6.07 Å². The standard InChI is InChI=1S/C33H42N8O3/c1-21-25(19-34)8-7-9-26(21)22(2)36-30-27-18-29(35-20-28(27)23(3)37-38-30)39-14-16-40(17-15-39)31(42)24-10-12-41(13-11-24)32(43)44-33(4,5)6/h7-9,18,20,22,24H,10-17H2,1-6H3,(H,36,38)/t22-/m1/s1. The summed E-state index contributed by atoms with van der Waals surface area (Å²) < 4.78 is 5.49. The molecule has 0 aliphatic carbocycles. The molecule has 2 saturated heterocycles. The van der Waals surface area contributed by atoms with E-state index in [2.05, 4.69) is 39.5 Å². The zero-order valence-electron chi connectivity index (χ0n) is 26.6. The normalized spacial score (nSPS) is 16.9. The van der Waals surface area contributed by atoms with Crippen molar-refractivity contribution >= 4 is 34.4 Å². The highest BCUT2D eigenvalue weighted by Gasteiger charge is 2.33. The van der Waals surface area contributed by atoms with E-state index in [-0.39, 0.29) is 24.0 Å². The molecule has 1 atom stereocenters. The summed E-state index contributed by atoms with van der Waals surface area (Å²) in [6.45, 7) is 15.2. The highest BCUT2D eigenvalue weighted by Crippen LogP contribution is 2.31. The number of amides is 2. The van der Waals surface area contributed by atoms with Gasteiger partial charge in [-0.15, -0.1) is 5.10 Å². The summed E-state index contributed by atoms with van der Waals surface area (Å²) in [5.41, 5.74) is 2.91. The largest absolute Gasteiger partial charge is 0.444 e. The van der Waals surface area contributed by atoms with E-state index >= 15 is 0 Å². The first-order valence-electron chi connectivity index (χ1n) is 15.4. The Morgan fingerprint density at radius 3 is 2.39 bits per heavy atom. The number of likely N-dealkylation sites (tertiary alicyclic amines) is 1. The third-order valence-electron chi connectivity index (χ3n) is 8.56. The lowest BCUT2D eigenvalue weighted by Gasteiger charge is -2.39. The van der Waals surface area contributed by atoms with Gasteiger partial charge in [-0.2, -0.15) is 10.4 Å². The second-order valence-electron chi connectivity index (χ2n) is 12.8. The first-order chi connectivity index (χ1) is 20.9. The van der Waals surface area contributed by atoms with Crippen LogP contribution in [0, 0.1) is 31.1 Å². The van der Waals surface area contributed by atoms with Crippen LogP contribution in [0.1, 0.15) is 69.0 Å². The van der Waals surface area contributed by atoms with Crippen LogP contribution in [0.3, 0.4) is 0 Å². The summed E-state index contributed by atoms with van der Waals surface area (Å²) >= 11 is 0.